The van der Waals surface area contributed by atoms with Crippen molar-refractivity contribution in [3.8, 4) is 5.75 Å². The molecule has 128 valence electrons. The lowest BCUT2D eigenvalue weighted by Gasteiger charge is -2.23. The van der Waals surface area contributed by atoms with Crippen molar-refractivity contribution in [3.05, 3.63) is 71.6 Å². The van der Waals surface area contributed by atoms with E-state index < -0.39 is 17.8 Å². The number of ether oxygens (including phenoxy) is 2. The van der Waals surface area contributed by atoms with E-state index in [2.05, 4.69) is 11.6 Å². The molecule has 1 aromatic heterocycles. The van der Waals surface area contributed by atoms with Gasteiger partial charge in [0.2, 0.25) is 0 Å². The quantitative estimate of drug-likeness (QED) is 0.759. The van der Waals surface area contributed by atoms with Crippen molar-refractivity contribution in [2.45, 2.75) is 6.18 Å². The number of carbonyl (C=O) groups is 1. The van der Waals surface area contributed by atoms with E-state index in [1.165, 1.54) is 31.4 Å². The van der Waals surface area contributed by atoms with Crippen molar-refractivity contribution < 1.29 is 27.4 Å². The SMILES string of the molecule is C=C1C=C(c2cccnc2C(F)(F)F)Oc2c1cccc2C(=O)OC. The monoisotopic (exact) mass is 347 g/mol. The molecule has 0 fully saturated rings. The van der Waals surface area contributed by atoms with Gasteiger partial charge in [-0.3, -0.25) is 4.98 Å². The fraction of sp³-hybridized carbons (Fsp3) is 0.111. The van der Waals surface area contributed by atoms with Crippen molar-refractivity contribution in [2.24, 2.45) is 0 Å². The minimum atomic E-state index is -4.65. The van der Waals surface area contributed by atoms with Crippen LogP contribution in [0.4, 0.5) is 13.2 Å². The molecular weight excluding hydrogens is 335 g/mol. The molecule has 0 bridgehead atoms. The zero-order chi connectivity index (χ0) is 18.2. The zero-order valence-corrected chi connectivity index (χ0v) is 13.1. The number of nitrogens with zero attached hydrogens (tertiary/aromatic N) is 1. The normalized spacial score (nSPS) is 13.6. The summed E-state index contributed by atoms with van der Waals surface area (Å²) >= 11 is 0. The minimum absolute atomic E-state index is 0.0886. The van der Waals surface area contributed by atoms with Crippen LogP contribution in [0.15, 0.2) is 49.2 Å². The fourth-order valence-corrected chi connectivity index (χ4v) is 2.51. The highest BCUT2D eigenvalue weighted by atomic mass is 19.4. The highest BCUT2D eigenvalue weighted by Crippen LogP contribution is 2.41. The van der Waals surface area contributed by atoms with Crippen LogP contribution in [0.3, 0.4) is 0 Å². The second kappa shape index (κ2) is 6.08. The molecule has 7 heteroatoms. The molecule has 2 heterocycles. The summed E-state index contributed by atoms with van der Waals surface area (Å²) in [6.07, 6.45) is -2.21. The van der Waals surface area contributed by atoms with Crippen molar-refractivity contribution in [2.75, 3.05) is 7.11 Å². The van der Waals surface area contributed by atoms with Crippen molar-refractivity contribution in [1.82, 2.24) is 4.98 Å². The number of rotatable bonds is 2. The summed E-state index contributed by atoms with van der Waals surface area (Å²) in [6, 6.07) is 7.36. The number of methoxy groups -OCH3 is 1. The summed E-state index contributed by atoms with van der Waals surface area (Å²) < 4.78 is 50.0. The molecule has 0 saturated carbocycles. The number of esters is 1. The molecule has 0 N–H and O–H groups in total. The number of hydrogen-bond donors (Lipinski definition) is 0. The molecule has 0 atom stereocenters. The lowest BCUT2D eigenvalue weighted by molar-refractivity contribution is -0.141. The highest BCUT2D eigenvalue weighted by Gasteiger charge is 2.37. The van der Waals surface area contributed by atoms with Crippen LogP contribution in [-0.2, 0) is 10.9 Å². The summed E-state index contributed by atoms with van der Waals surface area (Å²) in [5.74, 6) is -0.642. The van der Waals surface area contributed by atoms with Gasteiger partial charge in [0, 0.05) is 17.3 Å². The number of pyridine rings is 1. The van der Waals surface area contributed by atoms with Crippen LogP contribution in [0, 0.1) is 0 Å². The molecular formula is C18H12F3NO3. The first-order chi connectivity index (χ1) is 11.8. The second-order valence-corrected chi connectivity index (χ2v) is 5.21. The number of para-hydroxylation sites is 1. The van der Waals surface area contributed by atoms with Gasteiger partial charge >= 0.3 is 12.1 Å². The number of allylic oxidation sites excluding steroid dienone is 2. The number of carbonyl (C=O) groups excluding carboxylic acids is 1. The van der Waals surface area contributed by atoms with Gasteiger partial charge in [0.1, 0.15) is 17.1 Å². The number of alkyl halides is 3. The molecule has 2 aromatic rings. The standard InChI is InChI=1S/C18H12F3NO3/c1-10-9-14(12-7-4-8-22-16(12)18(19,20)21)25-15-11(10)5-3-6-13(15)17(23)24-2/h3-9H,1H2,2H3. The lowest BCUT2D eigenvalue weighted by atomic mass is 9.97. The van der Waals surface area contributed by atoms with Gasteiger partial charge in [-0.25, -0.2) is 4.79 Å². The Morgan fingerprint density at radius 3 is 2.60 bits per heavy atom. The van der Waals surface area contributed by atoms with E-state index in [0.717, 1.165) is 6.20 Å². The largest absolute Gasteiger partial charge is 0.465 e. The van der Waals surface area contributed by atoms with E-state index in [-0.39, 0.29) is 22.6 Å². The number of fused-ring (bicyclic) bond motifs is 1. The third-order valence-electron chi connectivity index (χ3n) is 3.63. The maximum absolute atomic E-state index is 13.2. The molecule has 0 saturated heterocycles. The van der Waals surface area contributed by atoms with Gasteiger partial charge in [0.25, 0.3) is 0 Å². The smallest absolute Gasteiger partial charge is 0.434 e. The Hall–Kier alpha value is -3.09. The topological polar surface area (TPSA) is 48.4 Å². The summed E-state index contributed by atoms with van der Waals surface area (Å²) in [6.45, 7) is 3.84. The van der Waals surface area contributed by atoms with E-state index in [4.69, 9.17) is 9.47 Å². The van der Waals surface area contributed by atoms with E-state index in [1.54, 1.807) is 12.1 Å². The fourth-order valence-electron chi connectivity index (χ4n) is 2.51. The number of halogens is 3. The van der Waals surface area contributed by atoms with Gasteiger partial charge in [0.15, 0.2) is 5.69 Å². The molecule has 1 aromatic carbocycles. The van der Waals surface area contributed by atoms with E-state index in [0.29, 0.717) is 11.1 Å². The van der Waals surface area contributed by atoms with E-state index in [1.807, 2.05) is 0 Å². The first kappa shape index (κ1) is 16.8. The van der Waals surface area contributed by atoms with Crippen LogP contribution in [-0.4, -0.2) is 18.1 Å². The predicted octanol–water partition coefficient (Wildman–Crippen LogP) is 4.33. The maximum Gasteiger partial charge on any atom is 0.434 e. The summed E-state index contributed by atoms with van der Waals surface area (Å²) in [5.41, 5.74) is -0.290. The molecule has 25 heavy (non-hydrogen) atoms. The van der Waals surface area contributed by atoms with Gasteiger partial charge in [0.05, 0.1) is 7.11 Å². The minimum Gasteiger partial charge on any atom is -0.465 e. The van der Waals surface area contributed by atoms with Crippen molar-refractivity contribution in [1.29, 1.82) is 0 Å². The molecule has 0 radical (unpaired) electrons. The van der Waals surface area contributed by atoms with Gasteiger partial charge in [-0.05, 0) is 29.8 Å². The van der Waals surface area contributed by atoms with Crippen molar-refractivity contribution in [3.63, 3.8) is 0 Å². The number of benzene rings is 1. The van der Waals surface area contributed by atoms with Crippen molar-refractivity contribution >= 4 is 17.3 Å². The van der Waals surface area contributed by atoms with Crippen LogP contribution >= 0.6 is 0 Å². The highest BCUT2D eigenvalue weighted by molar-refractivity contribution is 5.98. The first-order valence-electron chi connectivity index (χ1n) is 7.15. The molecule has 1 aliphatic rings. The molecule has 1 aliphatic heterocycles. The van der Waals surface area contributed by atoms with Gasteiger partial charge < -0.3 is 9.47 Å². The Bertz CT molecular complexity index is 901. The average molecular weight is 347 g/mol. The van der Waals surface area contributed by atoms with Gasteiger partial charge in [-0.2, -0.15) is 13.2 Å². The predicted molar refractivity (Wildman–Crippen MR) is 84.7 cm³/mol. The number of hydrogen-bond acceptors (Lipinski definition) is 4. The second-order valence-electron chi connectivity index (χ2n) is 5.21. The molecule has 0 spiro atoms. The van der Waals surface area contributed by atoms with Gasteiger partial charge in [-0.15, -0.1) is 0 Å². The number of aromatic nitrogens is 1. The van der Waals surface area contributed by atoms with E-state index in [9.17, 15) is 18.0 Å². The molecule has 4 nitrogen and oxygen atoms in total. The first-order valence-corrected chi connectivity index (χ1v) is 7.15. The zero-order valence-electron chi connectivity index (χ0n) is 13.1. The lowest BCUT2D eigenvalue weighted by Crippen LogP contribution is -2.15. The molecule has 0 unspecified atom stereocenters. The molecule has 0 amide bonds. The third-order valence-corrected chi connectivity index (χ3v) is 3.63. The Kier molecular flexibility index (Phi) is 4.08. The third kappa shape index (κ3) is 3.00. The molecule has 0 aliphatic carbocycles. The van der Waals surface area contributed by atoms with E-state index >= 15 is 0 Å². The summed E-state index contributed by atoms with van der Waals surface area (Å²) in [5, 5.41) is 0. The van der Waals surface area contributed by atoms with Crippen LogP contribution < -0.4 is 4.74 Å². The Balaban J connectivity index is 2.13. The summed E-state index contributed by atoms with van der Waals surface area (Å²) in [4.78, 5) is 15.3. The van der Waals surface area contributed by atoms with Crippen LogP contribution in [0.2, 0.25) is 0 Å². The Morgan fingerprint density at radius 2 is 1.92 bits per heavy atom. The average Bonchev–Trinajstić information content (AvgIpc) is 2.60. The Morgan fingerprint density at radius 1 is 1.20 bits per heavy atom. The van der Waals surface area contributed by atoms with Crippen LogP contribution in [0.5, 0.6) is 5.75 Å². The van der Waals surface area contributed by atoms with Crippen LogP contribution in [0.25, 0.3) is 11.3 Å². The molecule has 3 rings (SSSR count). The summed E-state index contributed by atoms with van der Waals surface area (Å²) in [7, 11) is 1.21. The van der Waals surface area contributed by atoms with Crippen LogP contribution in [0.1, 0.15) is 27.2 Å². The Labute approximate surface area is 141 Å². The van der Waals surface area contributed by atoms with Gasteiger partial charge in [-0.1, -0.05) is 18.7 Å². The maximum atomic E-state index is 13.2.